The van der Waals surface area contributed by atoms with E-state index in [9.17, 15) is 9.50 Å². The van der Waals surface area contributed by atoms with Gasteiger partial charge in [0.15, 0.2) is 0 Å². The maximum absolute atomic E-state index is 14.1. The van der Waals surface area contributed by atoms with Gasteiger partial charge >= 0.3 is 0 Å². The standard InChI is InChI=1S/C15H20FNO2/c1-10-3-2-4-11(14(10)16)5-15(18)6-12-8-19-9-13(7-15)17-12/h2-4,12-13,17-18H,5-9H2,1H3. The molecule has 2 unspecified atom stereocenters. The SMILES string of the molecule is Cc1cccc(CC2(O)CC3COCC(C2)N3)c1F. The molecule has 4 heteroatoms. The zero-order valence-corrected chi connectivity index (χ0v) is 11.2. The van der Waals surface area contributed by atoms with Crippen LogP contribution in [0.2, 0.25) is 0 Å². The fourth-order valence-corrected chi connectivity index (χ4v) is 3.36. The molecule has 0 amide bonds. The third kappa shape index (κ3) is 2.66. The van der Waals surface area contributed by atoms with Gasteiger partial charge in [-0.25, -0.2) is 4.39 Å². The van der Waals surface area contributed by atoms with Gasteiger partial charge in [-0.05, 0) is 30.9 Å². The minimum Gasteiger partial charge on any atom is -0.389 e. The lowest BCUT2D eigenvalue weighted by Gasteiger charge is -2.45. The Morgan fingerprint density at radius 1 is 1.37 bits per heavy atom. The van der Waals surface area contributed by atoms with Crippen molar-refractivity contribution in [3.05, 3.63) is 35.1 Å². The summed E-state index contributed by atoms with van der Waals surface area (Å²) in [6.45, 7) is 3.03. The fraction of sp³-hybridized carbons (Fsp3) is 0.600. The smallest absolute Gasteiger partial charge is 0.129 e. The molecule has 19 heavy (non-hydrogen) atoms. The summed E-state index contributed by atoms with van der Waals surface area (Å²) in [6.07, 6.45) is 1.63. The summed E-state index contributed by atoms with van der Waals surface area (Å²) >= 11 is 0. The summed E-state index contributed by atoms with van der Waals surface area (Å²) in [5.41, 5.74) is 0.431. The maximum Gasteiger partial charge on any atom is 0.129 e. The van der Waals surface area contributed by atoms with E-state index in [0.717, 1.165) is 0 Å². The van der Waals surface area contributed by atoms with Gasteiger partial charge in [0.2, 0.25) is 0 Å². The summed E-state index contributed by atoms with van der Waals surface area (Å²) in [5, 5.41) is 14.2. The zero-order chi connectivity index (χ0) is 13.5. The molecule has 1 aromatic rings. The van der Waals surface area contributed by atoms with Crippen molar-refractivity contribution in [2.24, 2.45) is 0 Å². The van der Waals surface area contributed by atoms with E-state index in [1.807, 2.05) is 6.07 Å². The topological polar surface area (TPSA) is 41.5 Å². The predicted molar refractivity (Wildman–Crippen MR) is 70.6 cm³/mol. The Kier molecular flexibility index (Phi) is 3.33. The van der Waals surface area contributed by atoms with Gasteiger partial charge < -0.3 is 15.2 Å². The van der Waals surface area contributed by atoms with E-state index >= 15 is 0 Å². The molecule has 0 spiro atoms. The molecule has 2 N–H and O–H groups in total. The van der Waals surface area contributed by atoms with Gasteiger partial charge in [0.05, 0.1) is 18.8 Å². The monoisotopic (exact) mass is 265 g/mol. The Morgan fingerprint density at radius 2 is 2.05 bits per heavy atom. The highest BCUT2D eigenvalue weighted by atomic mass is 19.1. The van der Waals surface area contributed by atoms with Crippen LogP contribution in [0, 0.1) is 12.7 Å². The van der Waals surface area contributed by atoms with Crippen molar-refractivity contribution >= 4 is 0 Å². The molecule has 2 bridgehead atoms. The minimum absolute atomic E-state index is 0.184. The van der Waals surface area contributed by atoms with Gasteiger partial charge in [-0.1, -0.05) is 18.2 Å². The Bertz CT molecular complexity index is 465. The molecule has 0 radical (unpaired) electrons. The van der Waals surface area contributed by atoms with Crippen LogP contribution in [-0.4, -0.2) is 36.0 Å². The third-order valence-corrected chi connectivity index (χ3v) is 4.15. The van der Waals surface area contributed by atoms with Crippen LogP contribution in [0.3, 0.4) is 0 Å². The molecule has 2 atom stereocenters. The molecule has 2 saturated heterocycles. The minimum atomic E-state index is -0.820. The lowest BCUT2D eigenvalue weighted by molar-refractivity contribution is -0.0758. The van der Waals surface area contributed by atoms with Crippen LogP contribution < -0.4 is 5.32 Å². The molecule has 2 aliphatic rings. The first-order valence-electron chi connectivity index (χ1n) is 6.86. The van der Waals surface area contributed by atoms with Crippen molar-refractivity contribution in [3.8, 4) is 0 Å². The van der Waals surface area contributed by atoms with Crippen LogP contribution in [0.4, 0.5) is 4.39 Å². The molecule has 1 aromatic carbocycles. The zero-order valence-electron chi connectivity index (χ0n) is 11.2. The molecule has 0 saturated carbocycles. The normalized spacial score (nSPS) is 34.3. The van der Waals surface area contributed by atoms with Gasteiger partial charge in [-0.15, -0.1) is 0 Å². The van der Waals surface area contributed by atoms with Crippen molar-refractivity contribution in [1.82, 2.24) is 5.32 Å². The number of piperidine rings is 1. The Balaban J connectivity index is 1.80. The number of fused-ring (bicyclic) bond motifs is 2. The van der Waals surface area contributed by atoms with Crippen LogP contribution in [0.1, 0.15) is 24.0 Å². The molecule has 104 valence electrons. The second kappa shape index (κ2) is 4.85. The number of aryl methyl sites for hydroxylation is 1. The molecule has 3 rings (SSSR count). The molecule has 2 heterocycles. The summed E-state index contributed by atoms with van der Waals surface area (Å²) in [5.74, 6) is -0.184. The molecule has 3 nitrogen and oxygen atoms in total. The Morgan fingerprint density at radius 3 is 2.74 bits per heavy atom. The molecule has 2 fully saturated rings. The number of aliphatic hydroxyl groups is 1. The van der Waals surface area contributed by atoms with Gasteiger partial charge in [-0.3, -0.25) is 0 Å². The van der Waals surface area contributed by atoms with Crippen molar-refractivity contribution in [2.75, 3.05) is 13.2 Å². The molecule has 0 aromatic heterocycles. The summed E-state index contributed by atoms with van der Waals surface area (Å²) in [7, 11) is 0. The van der Waals surface area contributed by atoms with Crippen molar-refractivity contribution in [3.63, 3.8) is 0 Å². The number of nitrogens with one attached hydrogen (secondary N) is 1. The first-order chi connectivity index (χ1) is 9.06. The summed E-state index contributed by atoms with van der Waals surface area (Å²) in [6, 6.07) is 5.75. The number of hydrogen-bond acceptors (Lipinski definition) is 3. The van der Waals surface area contributed by atoms with Crippen LogP contribution in [0.25, 0.3) is 0 Å². The number of rotatable bonds is 2. The molecule has 2 aliphatic heterocycles. The highest BCUT2D eigenvalue weighted by molar-refractivity contribution is 5.26. The lowest BCUT2D eigenvalue weighted by atomic mass is 9.78. The number of benzene rings is 1. The molecule has 0 aliphatic carbocycles. The summed E-state index contributed by atoms with van der Waals surface area (Å²) in [4.78, 5) is 0. The average Bonchev–Trinajstić information content (AvgIpc) is 2.34. The van der Waals surface area contributed by atoms with Gasteiger partial charge in [-0.2, -0.15) is 0 Å². The first-order valence-corrected chi connectivity index (χ1v) is 6.86. The van der Waals surface area contributed by atoms with Gasteiger partial charge in [0.1, 0.15) is 5.82 Å². The van der Waals surface area contributed by atoms with Gasteiger partial charge in [0, 0.05) is 18.5 Å². The van der Waals surface area contributed by atoms with E-state index < -0.39 is 5.60 Å². The third-order valence-electron chi connectivity index (χ3n) is 4.15. The highest BCUT2D eigenvalue weighted by Gasteiger charge is 2.41. The number of halogens is 1. The van der Waals surface area contributed by atoms with E-state index in [0.29, 0.717) is 43.6 Å². The molecular formula is C15H20FNO2. The van der Waals surface area contributed by atoms with Crippen molar-refractivity contribution in [2.45, 2.75) is 43.9 Å². The molecular weight excluding hydrogens is 245 g/mol. The second-order valence-electron chi connectivity index (χ2n) is 5.96. The quantitative estimate of drug-likeness (QED) is 0.852. The van der Waals surface area contributed by atoms with E-state index in [1.165, 1.54) is 0 Å². The largest absolute Gasteiger partial charge is 0.389 e. The highest BCUT2D eigenvalue weighted by Crippen LogP contribution is 2.32. The number of morpholine rings is 1. The van der Waals surface area contributed by atoms with E-state index in [-0.39, 0.29) is 17.9 Å². The average molecular weight is 265 g/mol. The Labute approximate surface area is 112 Å². The number of hydrogen-bond donors (Lipinski definition) is 2. The van der Waals surface area contributed by atoms with Crippen LogP contribution in [-0.2, 0) is 11.2 Å². The first kappa shape index (κ1) is 13.0. The van der Waals surface area contributed by atoms with Crippen molar-refractivity contribution in [1.29, 1.82) is 0 Å². The van der Waals surface area contributed by atoms with Crippen LogP contribution in [0.15, 0.2) is 18.2 Å². The van der Waals surface area contributed by atoms with E-state index in [1.54, 1.807) is 19.1 Å². The number of ether oxygens (including phenoxy) is 1. The van der Waals surface area contributed by atoms with Crippen molar-refractivity contribution < 1.29 is 14.2 Å². The van der Waals surface area contributed by atoms with E-state index in [4.69, 9.17) is 4.74 Å². The maximum atomic E-state index is 14.1. The lowest BCUT2D eigenvalue weighted by Crippen LogP contribution is -2.60. The van der Waals surface area contributed by atoms with Gasteiger partial charge in [0.25, 0.3) is 0 Å². The fourth-order valence-electron chi connectivity index (χ4n) is 3.36. The predicted octanol–water partition coefficient (Wildman–Crippen LogP) is 1.56. The second-order valence-corrected chi connectivity index (χ2v) is 5.96. The van der Waals surface area contributed by atoms with E-state index in [2.05, 4.69) is 5.32 Å². The Hall–Kier alpha value is -0.970. The van der Waals surface area contributed by atoms with Crippen LogP contribution >= 0.6 is 0 Å². The summed E-state index contributed by atoms with van der Waals surface area (Å²) < 4.78 is 19.5. The van der Waals surface area contributed by atoms with Crippen LogP contribution in [0.5, 0.6) is 0 Å².